The van der Waals surface area contributed by atoms with Crippen LogP contribution in [0.3, 0.4) is 0 Å². The van der Waals surface area contributed by atoms with Crippen molar-refractivity contribution in [2.24, 2.45) is 7.05 Å². The summed E-state index contributed by atoms with van der Waals surface area (Å²) >= 11 is 3.37. The molecule has 1 aromatic carbocycles. The van der Waals surface area contributed by atoms with E-state index in [-0.39, 0.29) is 12.6 Å². The summed E-state index contributed by atoms with van der Waals surface area (Å²) in [6.07, 6.45) is 3.27. The molecule has 0 aliphatic heterocycles. The molecule has 1 amide bonds. The molecule has 0 bridgehead atoms. The third kappa shape index (κ3) is 3.83. The topological polar surface area (TPSA) is 74.0 Å². The largest absolute Gasteiger partial charge is 0.471 e. The summed E-state index contributed by atoms with van der Waals surface area (Å²) in [6.45, 7) is 2.14. The molecule has 7 nitrogen and oxygen atoms in total. The molecule has 3 rings (SSSR count). The minimum absolute atomic E-state index is 0.250. The fourth-order valence-electron chi connectivity index (χ4n) is 2.04. The number of amides is 1. The predicted molar refractivity (Wildman–Crippen MR) is 92.9 cm³/mol. The van der Waals surface area contributed by atoms with E-state index >= 15 is 0 Å². The number of benzene rings is 1. The zero-order chi connectivity index (χ0) is 17.1. The summed E-state index contributed by atoms with van der Waals surface area (Å²) in [5.74, 6) is 0.468. The number of carbonyl (C=O) groups is 1. The summed E-state index contributed by atoms with van der Waals surface area (Å²) in [5.41, 5.74) is 1.87. The Kier molecular flexibility index (Phi) is 4.66. The third-order valence-electron chi connectivity index (χ3n) is 3.41. The lowest BCUT2D eigenvalue weighted by molar-refractivity contribution is 0.102. The van der Waals surface area contributed by atoms with Crippen LogP contribution in [0.1, 0.15) is 16.2 Å². The molecule has 1 N–H and O–H groups in total. The van der Waals surface area contributed by atoms with Crippen LogP contribution in [-0.2, 0) is 13.8 Å². The van der Waals surface area contributed by atoms with Crippen LogP contribution in [0.2, 0.25) is 0 Å². The van der Waals surface area contributed by atoms with Gasteiger partial charge in [-0.1, -0.05) is 15.9 Å². The third-order valence-corrected chi connectivity index (χ3v) is 3.94. The van der Waals surface area contributed by atoms with Crippen molar-refractivity contribution in [1.29, 1.82) is 0 Å². The maximum absolute atomic E-state index is 12.1. The van der Waals surface area contributed by atoms with Crippen LogP contribution in [-0.4, -0.2) is 25.5 Å². The smallest absolute Gasteiger partial charge is 0.276 e. The fourth-order valence-corrected chi connectivity index (χ4v) is 2.30. The highest BCUT2D eigenvalue weighted by Gasteiger charge is 2.12. The fraction of sp³-hybridized carbons (Fsp3) is 0.188. The van der Waals surface area contributed by atoms with Gasteiger partial charge in [-0.2, -0.15) is 10.2 Å². The van der Waals surface area contributed by atoms with E-state index in [1.807, 2.05) is 31.2 Å². The van der Waals surface area contributed by atoms with Gasteiger partial charge in [0.2, 0.25) is 0 Å². The molecule has 0 aliphatic carbocycles. The molecule has 124 valence electrons. The number of ether oxygens (including phenoxy) is 1. The van der Waals surface area contributed by atoms with Gasteiger partial charge in [-0.25, -0.2) is 4.68 Å². The standard InChI is InChI=1S/C16H16BrN5O2/c1-11-7-15(20-21(11)2)16(23)19-13-8-18-22(9-13)10-24-14-5-3-12(17)4-6-14/h3-9H,10H2,1-2H3,(H,19,23). The molecule has 0 radical (unpaired) electrons. The number of nitrogens with zero attached hydrogens (tertiary/aromatic N) is 4. The molecule has 3 aromatic rings. The van der Waals surface area contributed by atoms with Crippen molar-refractivity contribution in [2.45, 2.75) is 13.7 Å². The van der Waals surface area contributed by atoms with Crippen molar-refractivity contribution in [3.8, 4) is 5.75 Å². The van der Waals surface area contributed by atoms with E-state index in [0.717, 1.165) is 15.9 Å². The summed E-state index contributed by atoms with van der Waals surface area (Å²) < 4.78 is 9.87. The number of hydrogen-bond donors (Lipinski definition) is 1. The molecule has 0 saturated heterocycles. The average Bonchev–Trinajstić information content (AvgIpc) is 3.14. The summed E-state index contributed by atoms with van der Waals surface area (Å²) in [5, 5.41) is 11.1. The Morgan fingerprint density at radius 3 is 2.75 bits per heavy atom. The zero-order valence-corrected chi connectivity index (χ0v) is 14.8. The second kappa shape index (κ2) is 6.88. The van der Waals surface area contributed by atoms with Crippen LogP contribution >= 0.6 is 15.9 Å². The van der Waals surface area contributed by atoms with E-state index in [1.54, 1.807) is 34.9 Å². The SMILES string of the molecule is Cc1cc(C(=O)Nc2cnn(COc3ccc(Br)cc3)c2)nn1C. The summed E-state index contributed by atoms with van der Waals surface area (Å²) in [6, 6.07) is 9.26. The van der Waals surface area contributed by atoms with Gasteiger partial charge in [-0.15, -0.1) is 0 Å². The van der Waals surface area contributed by atoms with Gasteiger partial charge in [0.15, 0.2) is 12.4 Å². The first-order valence-electron chi connectivity index (χ1n) is 7.24. The van der Waals surface area contributed by atoms with Crippen LogP contribution < -0.4 is 10.1 Å². The van der Waals surface area contributed by atoms with Gasteiger partial charge >= 0.3 is 0 Å². The van der Waals surface area contributed by atoms with Gasteiger partial charge in [-0.3, -0.25) is 9.48 Å². The number of carbonyl (C=O) groups excluding carboxylic acids is 1. The summed E-state index contributed by atoms with van der Waals surface area (Å²) in [7, 11) is 1.80. The Hall–Kier alpha value is -2.61. The maximum Gasteiger partial charge on any atom is 0.276 e. The molecule has 2 aromatic heterocycles. The Bertz CT molecular complexity index is 834. The number of halogens is 1. The molecule has 2 heterocycles. The number of rotatable bonds is 5. The van der Waals surface area contributed by atoms with Crippen LogP contribution in [0.4, 0.5) is 5.69 Å². The maximum atomic E-state index is 12.1. The van der Waals surface area contributed by atoms with Crippen LogP contribution in [0.5, 0.6) is 5.75 Å². The van der Waals surface area contributed by atoms with Crippen LogP contribution in [0.15, 0.2) is 47.2 Å². The highest BCUT2D eigenvalue weighted by atomic mass is 79.9. The molecular formula is C16H16BrN5O2. The normalized spacial score (nSPS) is 10.6. The first-order valence-corrected chi connectivity index (χ1v) is 8.03. The molecule has 0 spiro atoms. The van der Waals surface area contributed by atoms with Crippen molar-refractivity contribution < 1.29 is 9.53 Å². The van der Waals surface area contributed by atoms with Gasteiger partial charge in [-0.05, 0) is 37.3 Å². The quantitative estimate of drug-likeness (QED) is 0.727. The number of aromatic nitrogens is 4. The predicted octanol–water partition coefficient (Wildman–Crippen LogP) is 2.98. The van der Waals surface area contributed by atoms with E-state index in [2.05, 4.69) is 31.4 Å². The van der Waals surface area contributed by atoms with E-state index in [1.165, 1.54) is 0 Å². The van der Waals surface area contributed by atoms with Gasteiger partial charge in [0.1, 0.15) is 5.75 Å². The number of aryl methyl sites for hydroxylation is 2. The van der Waals surface area contributed by atoms with E-state index in [0.29, 0.717) is 11.4 Å². The molecule has 24 heavy (non-hydrogen) atoms. The minimum atomic E-state index is -0.271. The second-order valence-corrected chi connectivity index (χ2v) is 6.16. The van der Waals surface area contributed by atoms with Crippen molar-refractivity contribution in [3.63, 3.8) is 0 Å². The molecule has 0 unspecified atom stereocenters. The second-order valence-electron chi connectivity index (χ2n) is 5.24. The zero-order valence-electron chi connectivity index (χ0n) is 13.2. The molecular weight excluding hydrogens is 374 g/mol. The van der Waals surface area contributed by atoms with Gasteiger partial charge in [0, 0.05) is 17.2 Å². The van der Waals surface area contributed by atoms with Crippen molar-refractivity contribution in [2.75, 3.05) is 5.32 Å². The van der Waals surface area contributed by atoms with Crippen LogP contribution in [0, 0.1) is 6.92 Å². The molecule has 0 aliphatic rings. The minimum Gasteiger partial charge on any atom is -0.471 e. The lowest BCUT2D eigenvalue weighted by Gasteiger charge is -2.05. The first-order chi connectivity index (χ1) is 11.5. The van der Waals surface area contributed by atoms with Crippen molar-refractivity contribution in [3.05, 3.63) is 58.6 Å². The summed E-state index contributed by atoms with van der Waals surface area (Å²) in [4.78, 5) is 12.1. The number of anilines is 1. The highest BCUT2D eigenvalue weighted by Crippen LogP contribution is 2.16. The number of hydrogen-bond acceptors (Lipinski definition) is 4. The molecule has 0 saturated carbocycles. The van der Waals surface area contributed by atoms with Gasteiger partial charge in [0.05, 0.1) is 18.1 Å². The Morgan fingerprint density at radius 2 is 2.08 bits per heavy atom. The van der Waals surface area contributed by atoms with E-state index < -0.39 is 0 Å². The lowest BCUT2D eigenvalue weighted by atomic mass is 10.3. The molecule has 8 heteroatoms. The first kappa shape index (κ1) is 16.3. The monoisotopic (exact) mass is 389 g/mol. The lowest BCUT2D eigenvalue weighted by Crippen LogP contribution is -2.12. The van der Waals surface area contributed by atoms with Crippen LogP contribution in [0.25, 0.3) is 0 Å². The van der Waals surface area contributed by atoms with Gasteiger partial charge in [0.25, 0.3) is 5.91 Å². The van der Waals surface area contributed by atoms with E-state index in [4.69, 9.17) is 4.74 Å². The Balaban J connectivity index is 1.58. The highest BCUT2D eigenvalue weighted by molar-refractivity contribution is 9.10. The van der Waals surface area contributed by atoms with E-state index in [9.17, 15) is 4.79 Å². The Morgan fingerprint density at radius 1 is 1.33 bits per heavy atom. The van der Waals surface area contributed by atoms with Crippen molar-refractivity contribution >= 4 is 27.5 Å². The Labute approximate surface area is 147 Å². The number of nitrogens with one attached hydrogen (secondary N) is 1. The molecule has 0 atom stereocenters. The average molecular weight is 390 g/mol. The van der Waals surface area contributed by atoms with Crippen molar-refractivity contribution in [1.82, 2.24) is 19.6 Å². The van der Waals surface area contributed by atoms with Gasteiger partial charge < -0.3 is 10.1 Å². The molecule has 0 fully saturated rings.